The van der Waals surface area contributed by atoms with Crippen LogP contribution in [0.2, 0.25) is 0 Å². The highest BCUT2D eigenvalue weighted by Gasteiger charge is 2.16. The van der Waals surface area contributed by atoms with Gasteiger partial charge in [-0.2, -0.15) is 0 Å². The van der Waals surface area contributed by atoms with Crippen LogP contribution >= 0.6 is 0 Å². The molecule has 0 radical (unpaired) electrons. The van der Waals surface area contributed by atoms with Crippen LogP contribution in [-0.2, 0) is 13.0 Å². The van der Waals surface area contributed by atoms with Crippen molar-refractivity contribution in [3.05, 3.63) is 70.6 Å². The number of rotatable bonds is 7. The molecule has 0 saturated carbocycles. The maximum absolute atomic E-state index is 12.1. The Bertz CT molecular complexity index is 907. The van der Waals surface area contributed by atoms with Crippen LogP contribution in [0, 0.1) is 0 Å². The maximum atomic E-state index is 12.1. The lowest BCUT2D eigenvalue weighted by Gasteiger charge is -2.34. The van der Waals surface area contributed by atoms with Crippen LogP contribution in [0.25, 0.3) is 11.0 Å². The smallest absolute Gasteiger partial charge is 0.306 e. The number of fused-ring (bicyclic) bond motifs is 1. The number of H-pyrrole nitrogens is 1. The SMILES string of the molecule is O=c1[nH]c2ccccc2n1CCCN1CCN(CCc2ccccc2)CC1. The molecule has 3 aromatic rings. The van der Waals surface area contributed by atoms with Crippen molar-refractivity contribution in [3.63, 3.8) is 0 Å². The van der Waals surface area contributed by atoms with E-state index in [2.05, 4.69) is 45.1 Å². The lowest BCUT2D eigenvalue weighted by molar-refractivity contribution is 0.131. The molecular weight excluding hydrogens is 336 g/mol. The van der Waals surface area contributed by atoms with Crippen LogP contribution in [0.1, 0.15) is 12.0 Å². The van der Waals surface area contributed by atoms with Crippen LogP contribution in [-0.4, -0.2) is 58.6 Å². The predicted octanol–water partition coefficient (Wildman–Crippen LogP) is 2.58. The standard InChI is InChI=1S/C22H28N4O/c27-22-23-20-9-4-5-10-21(20)26(22)13-6-12-24-15-17-25(18-16-24)14-11-19-7-2-1-3-8-19/h1-5,7-10H,6,11-18H2,(H,23,27). The normalized spacial score (nSPS) is 16.1. The largest absolute Gasteiger partial charge is 0.326 e. The van der Waals surface area contributed by atoms with Gasteiger partial charge in [0.2, 0.25) is 0 Å². The first-order valence-electron chi connectivity index (χ1n) is 9.96. The van der Waals surface area contributed by atoms with Gasteiger partial charge in [-0.15, -0.1) is 0 Å². The highest BCUT2D eigenvalue weighted by Crippen LogP contribution is 2.10. The fourth-order valence-corrected chi connectivity index (χ4v) is 3.95. The molecule has 27 heavy (non-hydrogen) atoms. The number of hydrogen-bond acceptors (Lipinski definition) is 3. The van der Waals surface area contributed by atoms with Crippen molar-refractivity contribution >= 4 is 11.0 Å². The lowest BCUT2D eigenvalue weighted by atomic mass is 10.1. The van der Waals surface area contributed by atoms with Gasteiger partial charge in [0, 0.05) is 39.3 Å². The molecule has 1 aromatic heterocycles. The van der Waals surface area contributed by atoms with E-state index in [1.807, 2.05) is 28.8 Å². The molecule has 5 heteroatoms. The zero-order chi connectivity index (χ0) is 18.5. The fourth-order valence-electron chi connectivity index (χ4n) is 3.95. The average Bonchev–Trinajstić information content (AvgIpc) is 3.03. The van der Waals surface area contributed by atoms with Gasteiger partial charge in [-0.05, 0) is 37.1 Å². The van der Waals surface area contributed by atoms with Gasteiger partial charge in [-0.3, -0.25) is 4.57 Å². The summed E-state index contributed by atoms with van der Waals surface area (Å²) in [7, 11) is 0. The third-order valence-electron chi connectivity index (χ3n) is 5.56. The van der Waals surface area contributed by atoms with Crippen molar-refractivity contribution in [2.45, 2.75) is 19.4 Å². The predicted molar refractivity (Wildman–Crippen MR) is 110 cm³/mol. The molecule has 0 amide bonds. The Kier molecular flexibility index (Phi) is 5.70. The van der Waals surface area contributed by atoms with Gasteiger partial charge < -0.3 is 14.8 Å². The number of aromatic amines is 1. The van der Waals surface area contributed by atoms with Crippen molar-refractivity contribution < 1.29 is 0 Å². The summed E-state index contributed by atoms with van der Waals surface area (Å²) in [6.07, 6.45) is 2.14. The summed E-state index contributed by atoms with van der Waals surface area (Å²) in [4.78, 5) is 20.2. The third-order valence-corrected chi connectivity index (χ3v) is 5.56. The highest BCUT2D eigenvalue weighted by molar-refractivity contribution is 5.74. The molecule has 142 valence electrons. The summed E-state index contributed by atoms with van der Waals surface area (Å²) in [5, 5.41) is 0. The molecular formula is C22H28N4O. The number of aromatic nitrogens is 2. The zero-order valence-electron chi connectivity index (χ0n) is 15.8. The summed E-state index contributed by atoms with van der Waals surface area (Å²) >= 11 is 0. The van der Waals surface area contributed by atoms with Crippen molar-refractivity contribution in [2.24, 2.45) is 0 Å². The van der Waals surface area contributed by atoms with E-state index in [9.17, 15) is 4.79 Å². The first-order chi connectivity index (χ1) is 13.3. The van der Waals surface area contributed by atoms with Crippen molar-refractivity contribution in [1.29, 1.82) is 0 Å². The minimum Gasteiger partial charge on any atom is -0.306 e. The topological polar surface area (TPSA) is 44.3 Å². The number of nitrogens with one attached hydrogen (secondary N) is 1. The zero-order valence-corrected chi connectivity index (χ0v) is 15.8. The van der Waals surface area contributed by atoms with Crippen LogP contribution < -0.4 is 5.69 Å². The minimum absolute atomic E-state index is 0.00179. The molecule has 2 aromatic carbocycles. The van der Waals surface area contributed by atoms with E-state index in [4.69, 9.17) is 0 Å². The minimum atomic E-state index is 0.00179. The van der Waals surface area contributed by atoms with E-state index in [-0.39, 0.29) is 5.69 Å². The molecule has 0 spiro atoms. The summed E-state index contributed by atoms with van der Waals surface area (Å²) in [6, 6.07) is 18.7. The molecule has 1 aliphatic rings. The summed E-state index contributed by atoms with van der Waals surface area (Å²) in [6.45, 7) is 7.49. The number of nitrogens with zero attached hydrogens (tertiary/aromatic N) is 3. The molecule has 0 atom stereocenters. The quantitative estimate of drug-likeness (QED) is 0.701. The van der Waals surface area contributed by atoms with Crippen molar-refractivity contribution in [1.82, 2.24) is 19.4 Å². The Morgan fingerprint density at radius 2 is 1.44 bits per heavy atom. The number of imidazole rings is 1. The number of piperazine rings is 1. The molecule has 1 aliphatic heterocycles. The maximum Gasteiger partial charge on any atom is 0.326 e. The van der Waals surface area contributed by atoms with E-state index in [1.165, 1.54) is 5.56 Å². The van der Waals surface area contributed by atoms with Gasteiger partial charge in [-0.1, -0.05) is 42.5 Å². The Labute approximate surface area is 160 Å². The summed E-state index contributed by atoms with van der Waals surface area (Å²) < 4.78 is 1.87. The van der Waals surface area contributed by atoms with E-state index in [0.29, 0.717) is 0 Å². The molecule has 2 heterocycles. The van der Waals surface area contributed by atoms with Crippen LogP contribution in [0.15, 0.2) is 59.4 Å². The molecule has 0 unspecified atom stereocenters. The average molecular weight is 364 g/mol. The number of hydrogen-bond donors (Lipinski definition) is 1. The second-order valence-corrected chi connectivity index (χ2v) is 7.37. The van der Waals surface area contributed by atoms with Gasteiger partial charge in [-0.25, -0.2) is 4.79 Å². The van der Waals surface area contributed by atoms with E-state index in [0.717, 1.165) is 69.7 Å². The highest BCUT2D eigenvalue weighted by atomic mass is 16.1. The molecule has 5 nitrogen and oxygen atoms in total. The first-order valence-corrected chi connectivity index (χ1v) is 9.96. The van der Waals surface area contributed by atoms with E-state index in [1.54, 1.807) is 0 Å². The Morgan fingerprint density at radius 3 is 2.22 bits per heavy atom. The van der Waals surface area contributed by atoms with Crippen LogP contribution in [0.3, 0.4) is 0 Å². The summed E-state index contributed by atoms with van der Waals surface area (Å²) in [5.74, 6) is 0. The summed E-state index contributed by atoms with van der Waals surface area (Å²) in [5.41, 5.74) is 3.36. The monoisotopic (exact) mass is 364 g/mol. The van der Waals surface area contributed by atoms with Crippen LogP contribution in [0.4, 0.5) is 0 Å². The number of benzene rings is 2. The molecule has 0 aliphatic carbocycles. The van der Waals surface area contributed by atoms with Gasteiger partial charge in [0.25, 0.3) is 0 Å². The van der Waals surface area contributed by atoms with Gasteiger partial charge in [0.1, 0.15) is 0 Å². The molecule has 1 fully saturated rings. The second-order valence-electron chi connectivity index (χ2n) is 7.37. The van der Waals surface area contributed by atoms with E-state index < -0.39 is 0 Å². The third kappa shape index (κ3) is 4.49. The van der Waals surface area contributed by atoms with Gasteiger partial charge in [0.05, 0.1) is 11.0 Å². The second kappa shape index (κ2) is 8.55. The Hall–Kier alpha value is -2.37. The van der Waals surface area contributed by atoms with Crippen molar-refractivity contribution in [2.75, 3.05) is 39.3 Å². The fraction of sp³-hybridized carbons (Fsp3) is 0.409. The van der Waals surface area contributed by atoms with Crippen molar-refractivity contribution in [3.8, 4) is 0 Å². The van der Waals surface area contributed by atoms with Gasteiger partial charge in [0.15, 0.2) is 0 Å². The number of aryl methyl sites for hydroxylation is 1. The van der Waals surface area contributed by atoms with Crippen LogP contribution in [0.5, 0.6) is 0 Å². The first kappa shape index (κ1) is 18.0. The molecule has 1 N–H and O–H groups in total. The molecule has 1 saturated heterocycles. The molecule has 4 rings (SSSR count). The lowest BCUT2D eigenvalue weighted by Crippen LogP contribution is -2.47. The molecule has 0 bridgehead atoms. The Morgan fingerprint density at radius 1 is 0.778 bits per heavy atom. The van der Waals surface area contributed by atoms with Gasteiger partial charge >= 0.3 is 5.69 Å². The number of para-hydroxylation sites is 2. The van der Waals surface area contributed by atoms with E-state index >= 15 is 0 Å². The Balaban J connectivity index is 1.21.